The van der Waals surface area contributed by atoms with Crippen molar-refractivity contribution in [2.45, 2.75) is 31.7 Å². The van der Waals surface area contributed by atoms with Crippen molar-refractivity contribution >= 4 is 23.4 Å². The van der Waals surface area contributed by atoms with Gasteiger partial charge in [0.15, 0.2) is 5.76 Å². The highest BCUT2D eigenvalue weighted by Crippen LogP contribution is 2.28. The monoisotopic (exact) mass is 360 g/mol. The minimum atomic E-state index is -0.524. The number of carbonyl (C=O) groups is 2. The number of likely N-dealkylation sites (N-methyl/N-ethyl adjacent to an activating group) is 1. The lowest BCUT2D eigenvalue weighted by Gasteiger charge is -2.22. The molecule has 1 aromatic heterocycles. The molecule has 0 unspecified atom stereocenters. The molecule has 0 spiro atoms. The summed E-state index contributed by atoms with van der Waals surface area (Å²) >= 11 is 5.89. The van der Waals surface area contributed by atoms with Gasteiger partial charge in [0.2, 0.25) is 5.91 Å². The number of halogens is 1. The lowest BCUT2D eigenvalue weighted by Crippen LogP contribution is -2.49. The van der Waals surface area contributed by atoms with Gasteiger partial charge in [-0.2, -0.15) is 0 Å². The number of carbonyl (C=O) groups excluding carboxylic acids is 2. The highest BCUT2D eigenvalue weighted by molar-refractivity contribution is 6.30. The molecule has 2 N–H and O–H groups in total. The summed E-state index contributed by atoms with van der Waals surface area (Å²) in [6.07, 6.45) is 4.09. The highest BCUT2D eigenvalue weighted by atomic mass is 35.5. The molecule has 5 nitrogen and oxygen atoms in total. The van der Waals surface area contributed by atoms with E-state index in [1.54, 1.807) is 31.3 Å². The third-order valence-electron chi connectivity index (χ3n) is 4.65. The maximum atomic E-state index is 12.5. The topological polar surface area (TPSA) is 71.3 Å². The van der Waals surface area contributed by atoms with Gasteiger partial charge in [0, 0.05) is 17.6 Å². The van der Waals surface area contributed by atoms with Crippen LogP contribution in [0.4, 0.5) is 0 Å². The summed E-state index contributed by atoms with van der Waals surface area (Å²) in [5, 5.41) is 6.11. The van der Waals surface area contributed by atoms with Crippen LogP contribution in [0.1, 0.15) is 36.2 Å². The largest absolute Gasteiger partial charge is 0.451 e. The summed E-state index contributed by atoms with van der Waals surface area (Å²) in [4.78, 5) is 24.7. The predicted molar refractivity (Wildman–Crippen MR) is 96.4 cm³/mol. The first-order chi connectivity index (χ1) is 12.1. The summed E-state index contributed by atoms with van der Waals surface area (Å²) < 4.78 is 5.66. The van der Waals surface area contributed by atoms with Crippen molar-refractivity contribution in [3.8, 4) is 11.3 Å². The molecule has 1 fully saturated rings. The van der Waals surface area contributed by atoms with Gasteiger partial charge in [0.25, 0.3) is 5.91 Å². The Hall–Kier alpha value is -2.27. The molecule has 1 heterocycles. The summed E-state index contributed by atoms with van der Waals surface area (Å²) in [7, 11) is 1.59. The van der Waals surface area contributed by atoms with Crippen molar-refractivity contribution < 1.29 is 14.0 Å². The lowest BCUT2D eigenvalue weighted by atomic mass is 9.97. The number of rotatable bonds is 5. The molecular formula is C19H21ClN2O3. The van der Waals surface area contributed by atoms with Gasteiger partial charge in [0.1, 0.15) is 11.8 Å². The zero-order chi connectivity index (χ0) is 17.8. The van der Waals surface area contributed by atoms with E-state index in [1.165, 1.54) is 0 Å². The molecule has 1 aliphatic carbocycles. The molecule has 1 saturated carbocycles. The minimum Gasteiger partial charge on any atom is -0.451 e. The van der Waals surface area contributed by atoms with Crippen LogP contribution in [0.15, 0.2) is 40.8 Å². The third kappa shape index (κ3) is 4.04. The number of hydrogen-bond acceptors (Lipinski definition) is 3. The van der Waals surface area contributed by atoms with E-state index in [4.69, 9.17) is 16.0 Å². The van der Waals surface area contributed by atoms with Crippen molar-refractivity contribution in [2.24, 2.45) is 5.92 Å². The van der Waals surface area contributed by atoms with Crippen LogP contribution in [0.2, 0.25) is 5.02 Å². The van der Waals surface area contributed by atoms with E-state index in [-0.39, 0.29) is 23.5 Å². The van der Waals surface area contributed by atoms with E-state index in [0.29, 0.717) is 10.8 Å². The smallest absolute Gasteiger partial charge is 0.287 e. The van der Waals surface area contributed by atoms with E-state index in [1.807, 2.05) is 12.1 Å². The minimum absolute atomic E-state index is 0.162. The lowest BCUT2D eigenvalue weighted by molar-refractivity contribution is -0.123. The zero-order valence-corrected chi connectivity index (χ0v) is 14.8. The van der Waals surface area contributed by atoms with Crippen molar-refractivity contribution in [1.29, 1.82) is 0 Å². The second kappa shape index (κ2) is 7.74. The van der Waals surface area contributed by atoms with Gasteiger partial charge in [0.05, 0.1) is 0 Å². The van der Waals surface area contributed by atoms with Crippen LogP contribution >= 0.6 is 11.6 Å². The van der Waals surface area contributed by atoms with Crippen LogP contribution in [-0.2, 0) is 4.79 Å². The number of benzene rings is 1. The van der Waals surface area contributed by atoms with Crippen LogP contribution in [0.5, 0.6) is 0 Å². The number of amides is 2. The molecule has 2 aromatic rings. The van der Waals surface area contributed by atoms with Crippen LogP contribution < -0.4 is 10.6 Å². The molecule has 0 bridgehead atoms. The number of nitrogens with one attached hydrogen (secondary N) is 2. The van der Waals surface area contributed by atoms with Gasteiger partial charge >= 0.3 is 0 Å². The Morgan fingerprint density at radius 2 is 1.80 bits per heavy atom. The number of hydrogen-bond donors (Lipinski definition) is 2. The average Bonchev–Trinajstić information content (AvgIpc) is 3.31. The molecule has 1 aromatic carbocycles. The maximum Gasteiger partial charge on any atom is 0.287 e. The van der Waals surface area contributed by atoms with Crippen LogP contribution in [0.3, 0.4) is 0 Å². The summed E-state index contributed by atoms with van der Waals surface area (Å²) in [5.41, 5.74) is 0.835. The molecule has 0 aliphatic heterocycles. The third-order valence-corrected chi connectivity index (χ3v) is 4.90. The zero-order valence-electron chi connectivity index (χ0n) is 14.0. The van der Waals surface area contributed by atoms with Gasteiger partial charge in [-0.3, -0.25) is 9.59 Å². The van der Waals surface area contributed by atoms with Gasteiger partial charge in [-0.15, -0.1) is 0 Å². The standard InChI is InChI=1S/C19H21ClN2O3/c1-21-19(24)17(13-4-2-3-5-13)22-18(23)16-11-10-15(25-16)12-6-8-14(20)9-7-12/h6-11,13,17H,2-5H2,1H3,(H,21,24)(H,22,23)/t17-/m0/s1. The van der Waals surface area contributed by atoms with Crippen molar-refractivity contribution in [1.82, 2.24) is 10.6 Å². The molecule has 132 valence electrons. The molecule has 0 radical (unpaired) electrons. The van der Waals surface area contributed by atoms with Crippen LogP contribution in [-0.4, -0.2) is 24.9 Å². The molecule has 2 amide bonds. The molecule has 1 aliphatic rings. The van der Waals surface area contributed by atoms with E-state index in [2.05, 4.69) is 10.6 Å². The Kier molecular flexibility index (Phi) is 5.43. The second-order valence-electron chi connectivity index (χ2n) is 6.28. The Bertz CT molecular complexity index is 748. The summed E-state index contributed by atoms with van der Waals surface area (Å²) in [6, 6.07) is 10.0. The fourth-order valence-corrected chi connectivity index (χ4v) is 3.41. The SMILES string of the molecule is CNC(=O)[C@@H](NC(=O)c1ccc(-c2ccc(Cl)cc2)o1)C1CCCC1. The normalized spacial score (nSPS) is 15.8. The van der Waals surface area contributed by atoms with E-state index in [9.17, 15) is 9.59 Å². The maximum absolute atomic E-state index is 12.5. The average molecular weight is 361 g/mol. The summed E-state index contributed by atoms with van der Waals surface area (Å²) in [6.45, 7) is 0. The van der Waals surface area contributed by atoms with Gasteiger partial charge < -0.3 is 15.1 Å². The first kappa shape index (κ1) is 17.5. The first-order valence-corrected chi connectivity index (χ1v) is 8.84. The quantitative estimate of drug-likeness (QED) is 0.855. The first-order valence-electron chi connectivity index (χ1n) is 8.46. The molecule has 1 atom stereocenters. The van der Waals surface area contributed by atoms with Crippen molar-refractivity contribution in [3.63, 3.8) is 0 Å². The second-order valence-corrected chi connectivity index (χ2v) is 6.72. The van der Waals surface area contributed by atoms with E-state index >= 15 is 0 Å². The Morgan fingerprint density at radius 3 is 2.44 bits per heavy atom. The molecule has 3 rings (SSSR count). The predicted octanol–water partition coefficient (Wildman–Crippen LogP) is 3.63. The van der Waals surface area contributed by atoms with Crippen LogP contribution in [0, 0.1) is 5.92 Å². The van der Waals surface area contributed by atoms with E-state index in [0.717, 1.165) is 31.2 Å². The molecule has 6 heteroatoms. The fraction of sp³-hybridized carbons (Fsp3) is 0.368. The Labute approximate surface area is 151 Å². The Balaban J connectivity index is 1.73. The molecule has 0 saturated heterocycles. The molecular weight excluding hydrogens is 340 g/mol. The van der Waals surface area contributed by atoms with Crippen molar-refractivity contribution in [2.75, 3.05) is 7.05 Å². The van der Waals surface area contributed by atoms with Gasteiger partial charge in [-0.1, -0.05) is 24.4 Å². The van der Waals surface area contributed by atoms with Crippen LogP contribution in [0.25, 0.3) is 11.3 Å². The van der Waals surface area contributed by atoms with Gasteiger partial charge in [-0.05, 0) is 55.2 Å². The number of furan rings is 1. The van der Waals surface area contributed by atoms with Gasteiger partial charge in [-0.25, -0.2) is 0 Å². The summed E-state index contributed by atoms with van der Waals surface area (Å²) in [5.74, 6) is 0.413. The fourth-order valence-electron chi connectivity index (χ4n) is 3.29. The van der Waals surface area contributed by atoms with E-state index < -0.39 is 6.04 Å². The highest BCUT2D eigenvalue weighted by Gasteiger charge is 2.32. The molecule has 25 heavy (non-hydrogen) atoms. The van der Waals surface area contributed by atoms with Crippen molar-refractivity contribution in [3.05, 3.63) is 47.2 Å². The Morgan fingerprint density at radius 1 is 1.12 bits per heavy atom.